The van der Waals surface area contributed by atoms with Crippen molar-refractivity contribution in [1.82, 2.24) is 4.90 Å². The van der Waals surface area contributed by atoms with E-state index in [4.69, 9.17) is 4.74 Å². The van der Waals surface area contributed by atoms with E-state index in [0.29, 0.717) is 0 Å². The van der Waals surface area contributed by atoms with Gasteiger partial charge in [-0.05, 0) is 6.42 Å². The van der Waals surface area contributed by atoms with Gasteiger partial charge in [-0.2, -0.15) is 0 Å². The van der Waals surface area contributed by atoms with Crippen LogP contribution in [0.25, 0.3) is 0 Å². The Morgan fingerprint density at radius 2 is 2.50 bits per heavy atom. The van der Waals surface area contributed by atoms with E-state index in [1.54, 1.807) is 0 Å². The average Bonchev–Trinajstić information content (AvgIpc) is 2.19. The van der Waals surface area contributed by atoms with Gasteiger partial charge in [0.15, 0.2) is 0 Å². The zero-order valence-corrected chi connectivity index (χ0v) is 5.39. The molecule has 0 bridgehead atoms. The molecule has 1 aliphatic rings. The zero-order chi connectivity index (χ0) is 5.82. The topological polar surface area (TPSA) is 12.5 Å². The number of nitrogens with zero attached hydrogens (tertiary/aromatic N) is 1. The summed E-state index contributed by atoms with van der Waals surface area (Å²) in [5.74, 6) is 0. The van der Waals surface area contributed by atoms with Crippen molar-refractivity contribution in [2.75, 3.05) is 26.4 Å². The Morgan fingerprint density at radius 3 is 3.00 bits per heavy atom. The van der Waals surface area contributed by atoms with E-state index in [2.05, 4.69) is 11.8 Å². The highest BCUT2D eigenvalue weighted by atomic mass is 16.5. The lowest BCUT2D eigenvalue weighted by Gasteiger charge is -2.08. The molecule has 1 rings (SSSR count). The Morgan fingerprint density at radius 1 is 1.62 bits per heavy atom. The minimum atomic E-state index is 0.855. The first-order valence-corrected chi connectivity index (χ1v) is 3.23. The van der Waals surface area contributed by atoms with Crippen LogP contribution in [0.5, 0.6) is 0 Å². The van der Waals surface area contributed by atoms with Gasteiger partial charge in [0.25, 0.3) is 0 Å². The summed E-state index contributed by atoms with van der Waals surface area (Å²) in [6.07, 6.45) is 1.24. The first kappa shape index (κ1) is 6.05. The molecule has 0 aromatic rings. The summed E-state index contributed by atoms with van der Waals surface area (Å²) < 4.78 is 5.14. The molecule has 0 spiro atoms. The molecule has 8 heavy (non-hydrogen) atoms. The van der Waals surface area contributed by atoms with Gasteiger partial charge in [0.1, 0.15) is 0 Å². The third kappa shape index (κ3) is 1.46. The lowest BCUT2D eigenvalue weighted by atomic mass is 10.4. The molecule has 1 heterocycles. The molecule has 0 aromatic carbocycles. The van der Waals surface area contributed by atoms with Gasteiger partial charge in [-0.3, -0.25) is 4.90 Å². The Bertz CT molecular complexity index is 59.5. The molecule has 2 heteroatoms. The van der Waals surface area contributed by atoms with Gasteiger partial charge >= 0.3 is 0 Å². The Balaban J connectivity index is 2.06. The van der Waals surface area contributed by atoms with E-state index in [0.717, 1.165) is 19.9 Å². The number of hydrogen-bond acceptors (Lipinski definition) is 2. The maximum atomic E-state index is 5.14. The summed E-state index contributed by atoms with van der Waals surface area (Å²) >= 11 is 0. The maximum absolute atomic E-state index is 5.14. The standard InChI is InChI=1S/C6H13NO/c1-2-3-7-4-5-8-6-7/h2-6H2,1H3. The first-order chi connectivity index (χ1) is 3.93. The van der Waals surface area contributed by atoms with Crippen molar-refractivity contribution in [3.05, 3.63) is 0 Å². The Hall–Kier alpha value is -0.0800. The third-order valence-electron chi connectivity index (χ3n) is 1.37. The first-order valence-electron chi connectivity index (χ1n) is 3.23. The third-order valence-corrected chi connectivity index (χ3v) is 1.37. The van der Waals surface area contributed by atoms with Crippen molar-refractivity contribution in [2.45, 2.75) is 13.3 Å². The minimum Gasteiger partial charge on any atom is -0.365 e. The van der Waals surface area contributed by atoms with Gasteiger partial charge < -0.3 is 4.74 Å². The van der Waals surface area contributed by atoms with Gasteiger partial charge in [-0.1, -0.05) is 6.92 Å². The summed E-state index contributed by atoms with van der Waals surface area (Å²) in [6.45, 7) is 6.31. The lowest BCUT2D eigenvalue weighted by Crippen LogP contribution is -2.20. The molecule has 0 saturated carbocycles. The highest BCUT2D eigenvalue weighted by molar-refractivity contribution is 4.55. The molecule has 0 atom stereocenters. The fourth-order valence-electron chi connectivity index (χ4n) is 0.944. The highest BCUT2D eigenvalue weighted by Gasteiger charge is 2.08. The van der Waals surface area contributed by atoms with Gasteiger partial charge in [-0.25, -0.2) is 0 Å². The van der Waals surface area contributed by atoms with Gasteiger partial charge in [0, 0.05) is 13.1 Å². The van der Waals surface area contributed by atoms with Crippen molar-refractivity contribution < 1.29 is 4.74 Å². The molecule has 0 aromatic heterocycles. The van der Waals surface area contributed by atoms with Gasteiger partial charge in [0.2, 0.25) is 0 Å². The van der Waals surface area contributed by atoms with E-state index >= 15 is 0 Å². The second-order valence-electron chi connectivity index (χ2n) is 2.16. The van der Waals surface area contributed by atoms with Crippen LogP contribution in [0, 0.1) is 0 Å². The van der Waals surface area contributed by atoms with Gasteiger partial charge in [-0.15, -0.1) is 0 Å². The minimum absolute atomic E-state index is 0.855. The molecule has 0 aliphatic carbocycles. The van der Waals surface area contributed by atoms with Crippen LogP contribution in [0.3, 0.4) is 0 Å². The van der Waals surface area contributed by atoms with E-state index in [1.807, 2.05) is 0 Å². The number of ether oxygens (including phenoxy) is 1. The number of hydrogen-bond donors (Lipinski definition) is 0. The molecule has 48 valence electrons. The molecule has 0 radical (unpaired) electrons. The maximum Gasteiger partial charge on any atom is 0.0991 e. The molecule has 1 fully saturated rings. The second-order valence-corrected chi connectivity index (χ2v) is 2.16. The van der Waals surface area contributed by atoms with Crippen LogP contribution in [0.4, 0.5) is 0 Å². The van der Waals surface area contributed by atoms with Crippen LogP contribution in [-0.2, 0) is 4.74 Å². The molecule has 0 unspecified atom stereocenters. The van der Waals surface area contributed by atoms with Crippen molar-refractivity contribution in [1.29, 1.82) is 0 Å². The fourth-order valence-corrected chi connectivity index (χ4v) is 0.944. The normalized spacial score (nSPS) is 22.1. The molecule has 0 amide bonds. The van der Waals surface area contributed by atoms with E-state index in [9.17, 15) is 0 Å². The van der Waals surface area contributed by atoms with Crippen molar-refractivity contribution >= 4 is 0 Å². The summed E-state index contributed by atoms with van der Waals surface area (Å²) in [4.78, 5) is 2.32. The summed E-state index contributed by atoms with van der Waals surface area (Å²) in [7, 11) is 0. The zero-order valence-electron chi connectivity index (χ0n) is 5.39. The number of rotatable bonds is 2. The molecule has 0 N–H and O–H groups in total. The second kappa shape index (κ2) is 3.05. The predicted molar refractivity (Wildman–Crippen MR) is 32.7 cm³/mol. The Kier molecular flexibility index (Phi) is 2.30. The van der Waals surface area contributed by atoms with Crippen LogP contribution < -0.4 is 0 Å². The average molecular weight is 115 g/mol. The fraction of sp³-hybridized carbons (Fsp3) is 1.00. The van der Waals surface area contributed by atoms with Crippen molar-refractivity contribution in [3.63, 3.8) is 0 Å². The monoisotopic (exact) mass is 115 g/mol. The molecule has 1 saturated heterocycles. The Labute approximate surface area is 50.4 Å². The molecule has 2 nitrogen and oxygen atoms in total. The smallest absolute Gasteiger partial charge is 0.0991 e. The summed E-state index contributed by atoms with van der Waals surface area (Å²) in [5, 5.41) is 0. The van der Waals surface area contributed by atoms with Gasteiger partial charge in [0.05, 0.1) is 13.3 Å². The molecular formula is C6H13NO. The summed E-state index contributed by atoms with van der Waals surface area (Å²) in [5.41, 5.74) is 0. The van der Waals surface area contributed by atoms with Crippen LogP contribution in [-0.4, -0.2) is 31.3 Å². The van der Waals surface area contributed by atoms with Crippen LogP contribution in [0.2, 0.25) is 0 Å². The van der Waals surface area contributed by atoms with Crippen LogP contribution in [0.15, 0.2) is 0 Å². The van der Waals surface area contributed by atoms with Crippen LogP contribution >= 0.6 is 0 Å². The quantitative estimate of drug-likeness (QED) is 0.525. The molecule has 1 aliphatic heterocycles. The van der Waals surface area contributed by atoms with Crippen molar-refractivity contribution in [2.24, 2.45) is 0 Å². The summed E-state index contributed by atoms with van der Waals surface area (Å²) in [6, 6.07) is 0. The van der Waals surface area contributed by atoms with Crippen LogP contribution in [0.1, 0.15) is 13.3 Å². The largest absolute Gasteiger partial charge is 0.365 e. The van der Waals surface area contributed by atoms with E-state index < -0.39 is 0 Å². The van der Waals surface area contributed by atoms with Crippen molar-refractivity contribution in [3.8, 4) is 0 Å². The molecular weight excluding hydrogens is 102 g/mol. The van der Waals surface area contributed by atoms with E-state index in [-0.39, 0.29) is 0 Å². The lowest BCUT2D eigenvalue weighted by molar-refractivity contribution is 0.141. The highest BCUT2D eigenvalue weighted by Crippen LogP contribution is 1.98. The SMILES string of the molecule is CCCN1CCOC1. The predicted octanol–water partition coefficient (Wildman–Crippen LogP) is 0.686. The van der Waals surface area contributed by atoms with E-state index in [1.165, 1.54) is 13.0 Å².